The van der Waals surface area contributed by atoms with Gasteiger partial charge in [0.15, 0.2) is 0 Å². The van der Waals surface area contributed by atoms with E-state index in [1.807, 2.05) is 50.9 Å². The largest absolute Gasteiger partial charge is 0.361 e. The minimum absolute atomic E-state index is 0.194. The molecule has 0 spiro atoms. The number of para-hydroxylation sites is 2. The predicted molar refractivity (Wildman–Crippen MR) is 145 cm³/mol. The molecule has 6 rings (SSSR count). The van der Waals surface area contributed by atoms with E-state index in [-0.39, 0.29) is 5.91 Å². The van der Waals surface area contributed by atoms with Crippen molar-refractivity contribution in [3.8, 4) is 11.4 Å². The van der Waals surface area contributed by atoms with Gasteiger partial charge in [-0.1, -0.05) is 36.4 Å². The summed E-state index contributed by atoms with van der Waals surface area (Å²) in [4.78, 5) is 16.9. The Kier molecular flexibility index (Phi) is 6.25. The van der Waals surface area contributed by atoms with Gasteiger partial charge < -0.3 is 9.80 Å². The summed E-state index contributed by atoms with van der Waals surface area (Å²) in [5, 5.41) is 8.66. The molecule has 184 valence electrons. The zero-order valence-electron chi connectivity index (χ0n) is 20.5. The number of hydrogen-bond acceptors (Lipinski definition) is 4. The molecule has 5 aromatic rings. The van der Waals surface area contributed by atoms with Crippen LogP contribution in [0.4, 0.5) is 11.4 Å². The third-order valence-electron chi connectivity index (χ3n) is 6.74. The smallest absolute Gasteiger partial charge is 0.227 e. The Balaban J connectivity index is 1.32. The first-order valence-electron chi connectivity index (χ1n) is 12.6. The van der Waals surface area contributed by atoms with Crippen molar-refractivity contribution < 1.29 is 4.79 Å². The summed E-state index contributed by atoms with van der Waals surface area (Å²) in [5.41, 5.74) is 6.46. The van der Waals surface area contributed by atoms with Crippen LogP contribution in [-0.4, -0.2) is 32.0 Å². The second kappa shape index (κ2) is 10.1. The Morgan fingerprint density at radius 3 is 1.76 bits per heavy atom. The number of hydrogen-bond donors (Lipinski definition) is 0. The molecule has 3 heterocycles. The minimum Gasteiger partial charge on any atom is -0.361 e. The number of nitrogens with zero attached hydrogens (tertiary/aromatic N) is 6. The van der Waals surface area contributed by atoms with Gasteiger partial charge in [-0.25, -0.2) is 9.36 Å². The summed E-state index contributed by atoms with van der Waals surface area (Å²) in [5.74, 6) is 0.194. The Morgan fingerprint density at radius 2 is 1.27 bits per heavy atom. The van der Waals surface area contributed by atoms with Crippen molar-refractivity contribution in [2.45, 2.75) is 25.9 Å². The molecule has 1 aliphatic rings. The van der Waals surface area contributed by atoms with Crippen molar-refractivity contribution in [3.05, 3.63) is 121 Å². The first kappa shape index (κ1) is 22.8. The van der Waals surface area contributed by atoms with Crippen LogP contribution in [0.2, 0.25) is 0 Å². The first-order chi connectivity index (χ1) is 18.2. The van der Waals surface area contributed by atoms with E-state index in [0.717, 1.165) is 35.7 Å². The number of anilines is 2. The summed E-state index contributed by atoms with van der Waals surface area (Å²) >= 11 is 0. The fraction of sp³-hybridized carbons (Fsp3) is 0.167. The van der Waals surface area contributed by atoms with Crippen LogP contribution in [0.15, 0.2) is 110 Å². The van der Waals surface area contributed by atoms with E-state index >= 15 is 0 Å². The van der Waals surface area contributed by atoms with E-state index in [1.165, 1.54) is 11.1 Å². The lowest BCUT2D eigenvalue weighted by Gasteiger charge is -2.30. The van der Waals surface area contributed by atoms with Crippen LogP contribution in [0, 0.1) is 0 Å². The second-order valence-corrected chi connectivity index (χ2v) is 9.23. The average Bonchev–Trinajstić information content (AvgIpc) is 3.73. The summed E-state index contributed by atoms with van der Waals surface area (Å²) in [6.45, 7) is 2.18. The van der Waals surface area contributed by atoms with Crippen molar-refractivity contribution in [2.75, 3.05) is 16.3 Å². The lowest BCUT2D eigenvalue weighted by atomic mass is 10.1. The van der Waals surface area contributed by atoms with E-state index in [1.54, 1.807) is 12.4 Å². The van der Waals surface area contributed by atoms with Crippen LogP contribution < -0.4 is 9.80 Å². The molecule has 7 nitrogen and oxygen atoms in total. The second-order valence-electron chi connectivity index (χ2n) is 9.23. The standard InChI is InChI=1S/C30H28N6O/c37-30-8-3-19-34(30)29-7-2-1-6-28(29)33(22-24-9-13-26(14-10-24)35-20-4-17-31-35)23-25-11-15-27(16-12-25)36-21-5-18-32-36/h1-2,4-7,9-18,20-21H,3,8,19,22-23H2. The molecule has 0 bridgehead atoms. The summed E-state index contributed by atoms with van der Waals surface area (Å²) in [6, 6.07) is 29.0. The van der Waals surface area contributed by atoms with Gasteiger partial charge in [-0.2, -0.15) is 10.2 Å². The monoisotopic (exact) mass is 488 g/mol. The Morgan fingerprint density at radius 1 is 0.703 bits per heavy atom. The normalized spacial score (nSPS) is 13.3. The van der Waals surface area contributed by atoms with Crippen LogP contribution in [0.1, 0.15) is 24.0 Å². The zero-order chi connectivity index (χ0) is 25.0. The Labute approximate surface area is 216 Å². The SMILES string of the molecule is O=C1CCCN1c1ccccc1N(Cc1ccc(-n2cccn2)cc1)Cc1ccc(-n2cccn2)cc1. The molecule has 1 aliphatic heterocycles. The molecular weight excluding hydrogens is 460 g/mol. The van der Waals surface area contributed by atoms with Gasteiger partial charge in [-0.05, 0) is 66.1 Å². The fourth-order valence-electron chi connectivity index (χ4n) is 4.88. The van der Waals surface area contributed by atoms with Gasteiger partial charge in [0.1, 0.15) is 0 Å². The van der Waals surface area contributed by atoms with Crippen molar-refractivity contribution in [2.24, 2.45) is 0 Å². The van der Waals surface area contributed by atoms with Crippen molar-refractivity contribution in [1.82, 2.24) is 19.6 Å². The highest BCUT2D eigenvalue weighted by Gasteiger charge is 2.25. The number of rotatable bonds is 8. The molecule has 37 heavy (non-hydrogen) atoms. The van der Waals surface area contributed by atoms with Crippen LogP contribution in [-0.2, 0) is 17.9 Å². The van der Waals surface area contributed by atoms with Gasteiger partial charge in [-0.15, -0.1) is 0 Å². The quantitative estimate of drug-likeness (QED) is 0.294. The highest BCUT2D eigenvalue weighted by molar-refractivity contribution is 5.98. The molecule has 1 fully saturated rings. The molecule has 0 radical (unpaired) electrons. The van der Waals surface area contributed by atoms with Gasteiger partial charge in [0.25, 0.3) is 0 Å². The average molecular weight is 489 g/mol. The maximum atomic E-state index is 12.7. The molecule has 1 saturated heterocycles. The lowest BCUT2D eigenvalue weighted by Crippen LogP contribution is -2.29. The molecule has 0 N–H and O–H groups in total. The van der Waals surface area contributed by atoms with E-state index in [9.17, 15) is 4.79 Å². The molecule has 7 heteroatoms. The molecule has 2 aromatic heterocycles. The van der Waals surface area contributed by atoms with Crippen LogP contribution in [0.5, 0.6) is 0 Å². The zero-order valence-corrected chi connectivity index (χ0v) is 20.5. The summed E-state index contributed by atoms with van der Waals surface area (Å²) < 4.78 is 3.72. The van der Waals surface area contributed by atoms with Crippen LogP contribution in [0.3, 0.4) is 0 Å². The number of carbonyl (C=O) groups is 1. The van der Waals surface area contributed by atoms with Gasteiger partial charge in [0.2, 0.25) is 5.91 Å². The van der Waals surface area contributed by atoms with Crippen molar-refractivity contribution in [3.63, 3.8) is 0 Å². The topological polar surface area (TPSA) is 59.2 Å². The fourth-order valence-corrected chi connectivity index (χ4v) is 4.88. The molecule has 3 aromatic carbocycles. The number of carbonyl (C=O) groups excluding carboxylic acids is 1. The number of benzene rings is 3. The van der Waals surface area contributed by atoms with Gasteiger partial charge >= 0.3 is 0 Å². The third-order valence-corrected chi connectivity index (χ3v) is 6.74. The third kappa shape index (κ3) is 4.89. The highest BCUT2D eigenvalue weighted by atomic mass is 16.2. The van der Waals surface area contributed by atoms with Crippen LogP contribution >= 0.6 is 0 Å². The van der Waals surface area contributed by atoms with E-state index < -0.39 is 0 Å². The summed E-state index contributed by atoms with van der Waals surface area (Å²) in [6.07, 6.45) is 8.96. The molecule has 0 unspecified atom stereocenters. The molecular formula is C30H28N6O. The minimum atomic E-state index is 0.194. The van der Waals surface area contributed by atoms with E-state index in [2.05, 4.69) is 75.8 Å². The van der Waals surface area contributed by atoms with E-state index in [0.29, 0.717) is 19.5 Å². The Bertz CT molecular complexity index is 1380. The van der Waals surface area contributed by atoms with Gasteiger partial charge in [-0.3, -0.25) is 4.79 Å². The number of aromatic nitrogens is 4. The molecule has 0 aliphatic carbocycles. The van der Waals surface area contributed by atoms with Crippen molar-refractivity contribution >= 4 is 17.3 Å². The first-order valence-corrected chi connectivity index (χ1v) is 12.6. The predicted octanol–water partition coefficient (Wildman–Crippen LogP) is 5.39. The number of amides is 1. The Hall–Kier alpha value is -4.65. The maximum absolute atomic E-state index is 12.7. The van der Waals surface area contributed by atoms with Gasteiger partial charge in [0, 0.05) is 50.8 Å². The lowest BCUT2D eigenvalue weighted by molar-refractivity contribution is -0.117. The molecule has 0 saturated carbocycles. The molecule has 1 amide bonds. The molecule has 0 atom stereocenters. The van der Waals surface area contributed by atoms with Gasteiger partial charge in [0.05, 0.1) is 22.7 Å². The maximum Gasteiger partial charge on any atom is 0.227 e. The van der Waals surface area contributed by atoms with E-state index in [4.69, 9.17) is 0 Å². The summed E-state index contributed by atoms with van der Waals surface area (Å²) in [7, 11) is 0. The highest BCUT2D eigenvalue weighted by Crippen LogP contribution is 2.34. The van der Waals surface area contributed by atoms with Crippen LogP contribution in [0.25, 0.3) is 11.4 Å². The van der Waals surface area contributed by atoms with Crippen molar-refractivity contribution in [1.29, 1.82) is 0 Å².